The van der Waals surface area contributed by atoms with Crippen LogP contribution in [-0.4, -0.2) is 58.2 Å². The Bertz CT molecular complexity index is 1100. The maximum absolute atomic E-state index is 12.6. The molecule has 2 N–H and O–H groups in total. The lowest BCUT2D eigenvalue weighted by Crippen LogP contribution is -2.57. The highest BCUT2D eigenvalue weighted by atomic mass is 16.3. The predicted octanol–water partition coefficient (Wildman–Crippen LogP) is 3.67. The monoisotopic (exact) mass is 460 g/mol. The highest BCUT2D eigenvalue weighted by Gasteiger charge is 2.35. The number of hydrogen-bond donors (Lipinski definition) is 2. The number of anilines is 3. The molecule has 0 spiro atoms. The van der Waals surface area contributed by atoms with Crippen LogP contribution < -0.4 is 10.2 Å². The minimum atomic E-state index is -0.145. The molecule has 1 aliphatic carbocycles. The van der Waals surface area contributed by atoms with E-state index in [1.165, 1.54) is 0 Å². The fraction of sp³-hybridized carbons (Fsp3) is 0.462. The van der Waals surface area contributed by atoms with Gasteiger partial charge in [0.1, 0.15) is 17.7 Å². The van der Waals surface area contributed by atoms with E-state index in [0.29, 0.717) is 42.8 Å². The van der Waals surface area contributed by atoms with E-state index in [1.54, 1.807) is 12.3 Å². The van der Waals surface area contributed by atoms with Gasteiger partial charge in [0.15, 0.2) is 0 Å². The highest BCUT2D eigenvalue weighted by molar-refractivity contribution is 5.77. The fourth-order valence-electron chi connectivity index (χ4n) is 4.51. The van der Waals surface area contributed by atoms with Crippen LogP contribution in [0.2, 0.25) is 0 Å². The average Bonchev–Trinajstić information content (AvgIpc) is 3.69. The lowest BCUT2D eigenvalue weighted by molar-refractivity contribution is -0.135. The molecule has 2 fully saturated rings. The molecule has 178 valence electrons. The van der Waals surface area contributed by atoms with Gasteiger partial charge in [-0.2, -0.15) is 5.26 Å². The first kappa shape index (κ1) is 23.7. The first-order chi connectivity index (χ1) is 16.4. The lowest BCUT2D eigenvalue weighted by atomic mass is 9.98. The second-order valence-corrected chi connectivity index (χ2v) is 9.30. The summed E-state index contributed by atoms with van der Waals surface area (Å²) in [6, 6.07) is 8.01. The van der Waals surface area contributed by atoms with Gasteiger partial charge in [-0.1, -0.05) is 26.5 Å². The van der Waals surface area contributed by atoms with Gasteiger partial charge in [-0.25, -0.2) is 9.97 Å². The van der Waals surface area contributed by atoms with Gasteiger partial charge >= 0.3 is 0 Å². The Balaban J connectivity index is 1.65. The summed E-state index contributed by atoms with van der Waals surface area (Å²) in [6.45, 7) is 9.62. The van der Waals surface area contributed by atoms with E-state index in [0.717, 1.165) is 29.8 Å². The zero-order chi connectivity index (χ0) is 24.2. The summed E-state index contributed by atoms with van der Waals surface area (Å²) in [7, 11) is 0. The third-order valence-electron chi connectivity index (χ3n) is 6.53. The Kier molecular flexibility index (Phi) is 7.13. The van der Waals surface area contributed by atoms with Gasteiger partial charge in [0.2, 0.25) is 5.91 Å². The van der Waals surface area contributed by atoms with Crippen molar-refractivity contribution in [2.45, 2.75) is 45.1 Å². The maximum atomic E-state index is 12.6. The van der Waals surface area contributed by atoms with E-state index in [1.807, 2.05) is 23.1 Å². The van der Waals surface area contributed by atoms with E-state index in [9.17, 15) is 15.2 Å². The lowest BCUT2D eigenvalue weighted by Gasteiger charge is -2.44. The van der Waals surface area contributed by atoms with Crippen LogP contribution >= 0.6 is 0 Å². The summed E-state index contributed by atoms with van der Waals surface area (Å²) in [5.74, 6) is 1.95. The molecule has 8 nitrogen and oxygen atoms in total. The third-order valence-corrected chi connectivity index (χ3v) is 6.53. The van der Waals surface area contributed by atoms with Crippen LogP contribution in [0.5, 0.6) is 0 Å². The van der Waals surface area contributed by atoms with E-state index in [2.05, 4.69) is 41.7 Å². The number of carbonyl (C=O) groups excluding carboxylic acids is 1. The van der Waals surface area contributed by atoms with Gasteiger partial charge in [0.25, 0.3) is 0 Å². The molecule has 0 radical (unpaired) electrons. The number of nitrogens with one attached hydrogen (secondary N) is 1. The van der Waals surface area contributed by atoms with Gasteiger partial charge in [-0.15, -0.1) is 0 Å². The standard InChI is InChI=1S/C26H32N6O2/c1-4-18-7-9-28-23(13-18)29-21-14-20(15-27)26(30-25(21)19-5-6-19)31-10-11-32(24(34)8-12-33)22(16-31)17(2)3/h4,7,9,13-14,17,19,22,33H,1,5-6,8,10-12,16H2,2-3H3,(H,28,29)/t22-/m0/s1. The quantitative estimate of drug-likeness (QED) is 0.619. The first-order valence-electron chi connectivity index (χ1n) is 11.9. The largest absolute Gasteiger partial charge is 0.396 e. The Morgan fingerprint density at radius 2 is 2.18 bits per heavy atom. The molecule has 8 heteroatoms. The number of hydrogen-bond acceptors (Lipinski definition) is 7. The number of aliphatic hydroxyl groups excluding tert-OH is 1. The minimum Gasteiger partial charge on any atom is -0.396 e. The smallest absolute Gasteiger partial charge is 0.225 e. The molecule has 4 rings (SSSR count). The molecule has 3 heterocycles. The average molecular weight is 461 g/mol. The zero-order valence-corrected chi connectivity index (χ0v) is 19.9. The van der Waals surface area contributed by atoms with Crippen molar-refractivity contribution < 1.29 is 9.90 Å². The molecule has 1 saturated heterocycles. The molecule has 0 unspecified atom stereocenters. The zero-order valence-electron chi connectivity index (χ0n) is 19.9. The van der Waals surface area contributed by atoms with Gasteiger partial charge < -0.3 is 20.2 Å². The Hall–Kier alpha value is -3.44. The van der Waals surface area contributed by atoms with Crippen molar-refractivity contribution in [3.63, 3.8) is 0 Å². The van der Waals surface area contributed by atoms with Crippen molar-refractivity contribution >= 4 is 29.3 Å². The number of pyridine rings is 2. The van der Waals surface area contributed by atoms with Crippen LogP contribution in [0.25, 0.3) is 6.08 Å². The summed E-state index contributed by atoms with van der Waals surface area (Å²) < 4.78 is 0. The molecule has 1 aliphatic heterocycles. The van der Waals surface area contributed by atoms with Crippen molar-refractivity contribution in [1.29, 1.82) is 5.26 Å². The molecule has 0 aromatic carbocycles. The molecule has 34 heavy (non-hydrogen) atoms. The summed E-state index contributed by atoms with van der Waals surface area (Å²) in [5, 5.41) is 22.6. The number of piperazine rings is 1. The highest BCUT2D eigenvalue weighted by Crippen LogP contribution is 2.44. The van der Waals surface area contributed by atoms with Crippen LogP contribution in [0, 0.1) is 17.2 Å². The number of nitrogens with zero attached hydrogens (tertiary/aromatic N) is 5. The second-order valence-electron chi connectivity index (χ2n) is 9.30. The van der Waals surface area contributed by atoms with Crippen LogP contribution in [0.3, 0.4) is 0 Å². The van der Waals surface area contributed by atoms with Crippen molar-refractivity contribution in [3.05, 3.63) is 47.8 Å². The van der Waals surface area contributed by atoms with E-state index in [4.69, 9.17) is 4.98 Å². The number of carbonyl (C=O) groups is 1. The summed E-state index contributed by atoms with van der Waals surface area (Å²) in [4.78, 5) is 26.0. The van der Waals surface area contributed by atoms with Crippen molar-refractivity contribution in [1.82, 2.24) is 14.9 Å². The van der Waals surface area contributed by atoms with Crippen molar-refractivity contribution in [2.75, 3.05) is 36.5 Å². The first-order valence-corrected chi connectivity index (χ1v) is 11.9. The second kappa shape index (κ2) is 10.2. The maximum Gasteiger partial charge on any atom is 0.225 e. The molecule has 1 amide bonds. The predicted molar refractivity (Wildman–Crippen MR) is 133 cm³/mol. The van der Waals surface area contributed by atoms with E-state index in [-0.39, 0.29) is 30.9 Å². The summed E-state index contributed by atoms with van der Waals surface area (Å²) in [6.07, 6.45) is 5.79. The van der Waals surface area contributed by atoms with E-state index < -0.39 is 0 Å². The number of amides is 1. The SMILES string of the molecule is C=Cc1ccnc(Nc2cc(C#N)c(N3CCN(C(=O)CCO)[C@H](C(C)C)C3)nc2C2CC2)c1. The van der Waals surface area contributed by atoms with Crippen LogP contribution in [0.4, 0.5) is 17.3 Å². The van der Waals surface area contributed by atoms with Crippen LogP contribution in [0.1, 0.15) is 55.8 Å². The number of aliphatic hydroxyl groups is 1. The summed E-state index contributed by atoms with van der Waals surface area (Å²) in [5.41, 5.74) is 3.24. The van der Waals surface area contributed by atoms with Crippen LogP contribution in [-0.2, 0) is 4.79 Å². The van der Waals surface area contributed by atoms with E-state index >= 15 is 0 Å². The van der Waals surface area contributed by atoms with Gasteiger partial charge in [0.05, 0.1) is 29.6 Å². The molecule has 1 atom stereocenters. The minimum absolute atomic E-state index is 0.00541. The Morgan fingerprint density at radius 1 is 1.38 bits per heavy atom. The number of nitriles is 1. The summed E-state index contributed by atoms with van der Waals surface area (Å²) >= 11 is 0. The molecular formula is C26H32N6O2. The van der Waals surface area contributed by atoms with Crippen LogP contribution in [0.15, 0.2) is 31.0 Å². The third kappa shape index (κ3) is 5.05. The molecule has 2 aliphatic rings. The Labute approximate surface area is 200 Å². The fourth-order valence-corrected chi connectivity index (χ4v) is 4.51. The topological polar surface area (TPSA) is 105 Å². The number of aromatic nitrogens is 2. The molecule has 1 saturated carbocycles. The van der Waals surface area contributed by atoms with Crippen molar-refractivity contribution in [3.8, 4) is 6.07 Å². The molecule has 2 aromatic rings. The van der Waals surface area contributed by atoms with Gasteiger partial charge in [-0.05, 0) is 42.5 Å². The van der Waals surface area contributed by atoms with Gasteiger partial charge in [0, 0.05) is 38.2 Å². The van der Waals surface area contributed by atoms with Gasteiger partial charge in [-0.3, -0.25) is 4.79 Å². The van der Waals surface area contributed by atoms with Crippen molar-refractivity contribution in [2.24, 2.45) is 5.92 Å². The molecular weight excluding hydrogens is 428 g/mol. The number of rotatable bonds is 8. The molecule has 2 aromatic heterocycles. The Morgan fingerprint density at radius 3 is 2.82 bits per heavy atom. The molecule has 0 bridgehead atoms. The normalized spacial score (nSPS) is 18.0.